The Labute approximate surface area is 153 Å². The predicted octanol–water partition coefficient (Wildman–Crippen LogP) is 3.68. The molecule has 0 bridgehead atoms. The second-order valence-electron chi connectivity index (χ2n) is 5.07. The van der Waals surface area contributed by atoms with Crippen molar-refractivity contribution in [2.75, 3.05) is 22.4 Å². The van der Waals surface area contributed by atoms with Crippen LogP contribution in [0.5, 0.6) is 0 Å². The molecule has 0 radical (unpaired) electrons. The molecule has 10 heteroatoms. The van der Waals surface area contributed by atoms with Crippen LogP contribution in [-0.4, -0.2) is 27.1 Å². The van der Waals surface area contributed by atoms with Gasteiger partial charge in [-0.1, -0.05) is 23.2 Å². The summed E-state index contributed by atoms with van der Waals surface area (Å²) in [5, 5.41) is 2.68. The van der Waals surface area contributed by atoms with Gasteiger partial charge >= 0.3 is 0 Å². The van der Waals surface area contributed by atoms with E-state index in [1.54, 1.807) is 0 Å². The number of anilines is 2. The van der Waals surface area contributed by atoms with Crippen molar-refractivity contribution in [1.29, 1.82) is 0 Å². The lowest BCUT2D eigenvalue weighted by Gasteiger charge is -2.22. The normalized spacial score (nSPS) is 11.2. The summed E-state index contributed by atoms with van der Waals surface area (Å²) in [6.45, 7) is -0.603. The van der Waals surface area contributed by atoms with Crippen LogP contribution in [0.4, 0.5) is 20.2 Å². The number of benzene rings is 2. The topological polar surface area (TPSA) is 66.5 Å². The zero-order valence-electron chi connectivity index (χ0n) is 12.8. The van der Waals surface area contributed by atoms with Crippen molar-refractivity contribution < 1.29 is 22.0 Å². The Morgan fingerprint density at radius 1 is 1.08 bits per heavy atom. The highest BCUT2D eigenvalue weighted by Gasteiger charge is 2.22. The van der Waals surface area contributed by atoms with E-state index in [-0.39, 0.29) is 21.4 Å². The third-order valence-corrected chi connectivity index (χ3v) is 4.60. The van der Waals surface area contributed by atoms with Gasteiger partial charge in [-0.25, -0.2) is 17.2 Å². The molecule has 2 rings (SSSR count). The largest absolute Gasteiger partial charge is 0.324 e. The highest BCUT2D eigenvalue weighted by molar-refractivity contribution is 7.92. The number of sulfonamides is 1. The molecule has 0 saturated carbocycles. The van der Waals surface area contributed by atoms with Crippen molar-refractivity contribution in [3.63, 3.8) is 0 Å². The lowest BCUT2D eigenvalue weighted by atomic mass is 10.3. The summed E-state index contributed by atoms with van der Waals surface area (Å²) in [6, 6.07) is 6.86. The quantitative estimate of drug-likeness (QED) is 0.820. The maximum absolute atomic E-state index is 13.2. The van der Waals surface area contributed by atoms with Crippen molar-refractivity contribution in [3.05, 3.63) is 58.1 Å². The number of nitrogens with zero attached hydrogens (tertiary/aromatic N) is 1. The van der Waals surface area contributed by atoms with Crippen LogP contribution in [0.2, 0.25) is 10.0 Å². The molecule has 0 aromatic heterocycles. The maximum atomic E-state index is 13.2. The van der Waals surface area contributed by atoms with Crippen LogP contribution in [0, 0.1) is 11.6 Å². The van der Waals surface area contributed by atoms with E-state index < -0.39 is 34.1 Å². The van der Waals surface area contributed by atoms with Gasteiger partial charge in [-0.2, -0.15) is 0 Å². The first-order valence-electron chi connectivity index (χ1n) is 6.75. The highest BCUT2D eigenvalue weighted by Crippen LogP contribution is 2.27. The van der Waals surface area contributed by atoms with Gasteiger partial charge in [0.15, 0.2) is 11.6 Å². The summed E-state index contributed by atoms with van der Waals surface area (Å²) in [5.74, 6) is -2.96. The number of hydrogen-bond donors (Lipinski definition) is 1. The van der Waals surface area contributed by atoms with Gasteiger partial charge in [0.25, 0.3) is 0 Å². The van der Waals surface area contributed by atoms with E-state index in [1.807, 2.05) is 0 Å². The molecule has 0 atom stereocenters. The van der Waals surface area contributed by atoms with Gasteiger partial charge in [0.1, 0.15) is 6.54 Å². The molecule has 0 saturated heterocycles. The molecular weight excluding hydrogens is 397 g/mol. The van der Waals surface area contributed by atoms with Crippen molar-refractivity contribution in [2.24, 2.45) is 0 Å². The lowest BCUT2D eigenvalue weighted by molar-refractivity contribution is -0.114. The van der Waals surface area contributed by atoms with Gasteiger partial charge in [0, 0.05) is 21.8 Å². The molecule has 0 aliphatic rings. The Morgan fingerprint density at radius 3 is 2.20 bits per heavy atom. The van der Waals surface area contributed by atoms with Gasteiger partial charge in [-0.05, 0) is 30.3 Å². The first-order chi connectivity index (χ1) is 11.6. The van der Waals surface area contributed by atoms with Crippen LogP contribution >= 0.6 is 23.2 Å². The summed E-state index contributed by atoms with van der Waals surface area (Å²) in [4.78, 5) is 12.1. The molecule has 0 aliphatic heterocycles. The minimum Gasteiger partial charge on any atom is -0.324 e. The number of nitrogens with one attached hydrogen (secondary N) is 1. The van der Waals surface area contributed by atoms with Crippen LogP contribution in [0.15, 0.2) is 36.4 Å². The molecule has 25 heavy (non-hydrogen) atoms. The van der Waals surface area contributed by atoms with Crippen LogP contribution < -0.4 is 9.62 Å². The Morgan fingerprint density at radius 2 is 1.68 bits per heavy atom. The summed E-state index contributed by atoms with van der Waals surface area (Å²) < 4.78 is 50.8. The van der Waals surface area contributed by atoms with E-state index in [4.69, 9.17) is 23.2 Å². The van der Waals surface area contributed by atoms with E-state index in [1.165, 1.54) is 18.2 Å². The minimum absolute atomic E-state index is 0.0125. The minimum atomic E-state index is -3.83. The summed E-state index contributed by atoms with van der Waals surface area (Å²) in [6.07, 6.45) is 0.909. The molecule has 2 aromatic carbocycles. The fourth-order valence-electron chi connectivity index (χ4n) is 1.99. The van der Waals surface area contributed by atoms with Gasteiger partial charge in [-0.15, -0.1) is 0 Å². The SMILES string of the molecule is CS(=O)(=O)N(CC(=O)Nc1ccc(F)c(F)c1)c1cc(Cl)cc(Cl)c1. The Kier molecular flexibility index (Phi) is 5.87. The average Bonchev–Trinajstić information content (AvgIpc) is 2.46. The Balaban J connectivity index is 2.25. The molecule has 0 fully saturated rings. The number of rotatable bonds is 5. The van der Waals surface area contributed by atoms with Crippen LogP contribution in [0.25, 0.3) is 0 Å². The Bertz CT molecular complexity index is 903. The number of halogens is 4. The standard InChI is InChI=1S/C15H12Cl2F2N2O3S/c1-25(23,24)21(12-5-9(16)4-10(17)6-12)8-15(22)20-11-2-3-13(18)14(19)7-11/h2-7H,8H2,1H3,(H,20,22). The summed E-state index contributed by atoms with van der Waals surface area (Å²) in [5.41, 5.74) is 0.0851. The van der Waals surface area contributed by atoms with Crippen molar-refractivity contribution in [2.45, 2.75) is 0 Å². The molecule has 134 valence electrons. The fraction of sp³-hybridized carbons (Fsp3) is 0.133. The molecule has 0 heterocycles. The number of hydrogen-bond acceptors (Lipinski definition) is 3. The van der Waals surface area contributed by atoms with Crippen LogP contribution in [0.1, 0.15) is 0 Å². The number of amides is 1. The molecule has 1 N–H and O–H groups in total. The zero-order chi connectivity index (χ0) is 18.8. The molecule has 5 nitrogen and oxygen atoms in total. The smallest absolute Gasteiger partial charge is 0.245 e. The molecule has 1 amide bonds. The Hall–Kier alpha value is -1.90. The average molecular weight is 409 g/mol. The van der Waals surface area contributed by atoms with Gasteiger partial charge < -0.3 is 5.32 Å². The van der Waals surface area contributed by atoms with E-state index in [2.05, 4.69) is 5.32 Å². The molecule has 0 spiro atoms. The first kappa shape index (κ1) is 19.4. The third kappa shape index (κ3) is 5.29. The fourth-order valence-corrected chi connectivity index (χ4v) is 3.34. The lowest BCUT2D eigenvalue weighted by Crippen LogP contribution is -2.37. The zero-order valence-corrected chi connectivity index (χ0v) is 15.1. The predicted molar refractivity (Wildman–Crippen MR) is 93.6 cm³/mol. The monoisotopic (exact) mass is 408 g/mol. The second kappa shape index (κ2) is 7.55. The highest BCUT2D eigenvalue weighted by atomic mass is 35.5. The first-order valence-corrected chi connectivity index (χ1v) is 9.35. The van der Waals surface area contributed by atoms with Gasteiger partial charge in [-0.3, -0.25) is 9.10 Å². The van der Waals surface area contributed by atoms with Gasteiger partial charge in [0.2, 0.25) is 15.9 Å². The molecule has 0 aliphatic carbocycles. The van der Waals surface area contributed by atoms with E-state index in [0.717, 1.165) is 28.8 Å². The van der Waals surface area contributed by atoms with Crippen molar-refractivity contribution in [1.82, 2.24) is 0 Å². The molecule has 0 unspecified atom stereocenters. The number of carbonyl (C=O) groups is 1. The maximum Gasteiger partial charge on any atom is 0.245 e. The van der Waals surface area contributed by atoms with Crippen molar-refractivity contribution >= 4 is 50.5 Å². The van der Waals surface area contributed by atoms with E-state index in [0.29, 0.717) is 0 Å². The summed E-state index contributed by atoms with van der Waals surface area (Å²) >= 11 is 11.7. The molecule has 2 aromatic rings. The van der Waals surface area contributed by atoms with E-state index >= 15 is 0 Å². The van der Waals surface area contributed by atoms with Crippen molar-refractivity contribution in [3.8, 4) is 0 Å². The molecular formula is C15H12Cl2F2N2O3S. The second-order valence-corrected chi connectivity index (χ2v) is 7.85. The summed E-state index contributed by atoms with van der Waals surface area (Å²) in [7, 11) is -3.83. The van der Waals surface area contributed by atoms with Crippen LogP contribution in [-0.2, 0) is 14.8 Å². The third-order valence-electron chi connectivity index (χ3n) is 3.03. The van der Waals surface area contributed by atoms with Crippen LogP contribution in [0.3, 0.4) is 0 Å². The van der Waals surface area contributed by atoms with Gasteiger partial charge in [0.05, 0.1) is 11.9 Å². The van der Waals surface area contributed by atoms with E-state index in [9.17, 15) is 22.0 Å². The number of carbonyl (C=O) groups excluding carboxylic acids is 1.